The predicted molar refractivity (Wildman–Crippen MR) is 76.9 cm³/mol. The molecule has 3 heteroatoms. The van der Waals surface area contributed by atoms with E-state index in [-0.39, 0.29) is 0 Å². The van der Waals surface area contributed by atoms with Crippen molar-refractivity contribution >= 4 is 23.4 Å². The normalized spacial score (nSPS) is 15.5. The molecule has 0 atom stereocenters. The number of benzene rings is 1. The van der Waals surface area contributed by atoms with Gasteiger partial charge in [-0.1, -0.05) is 31.5 Å². The van der Waals surface area contributed by atoms with Crippen molar-refractivity contribution in [3.63, 3.8) is 0 Å². The Hall–Kier alpha value is -0.180. The highest BCUT2D eigenvalue weighted by Gasteiger charge is 2.20. The quantitative estimate of drug-likeness (QED) is 0.771. The number of rotatable bonds is 6. The third kappa shape index (κ3) is 4.53. The molecule has 94 valence electrons. The molecule has 0 radical (unpaired) electrons. The minimum absolute atomic E-state index is 0.711. The second-order valence-electron chi connectivity index (χ2n) is 5.11. The van der Waals surface area contributed by atoms with Gasteiger partial charge >= 0.3 is 0 Å². The van der Waals surface area contributed by atoms with E-state index in [1.807, 2.05) is 17.8 Å². The van der Waals surface area contributed by atoms with Gasteiger partial charge in [0.2, 0.25) is 0 Å². The number of halogens is 1. The highest BCUT2D eigenvalue weighted by Crippen LogP contribution is 2.28. The van der Waals surface area contributed by atoms with Crippen LogP contribution in [0.25, 0.3) is 0 Å². The van der Waals surface area contributed by atoms with Gasteiger partial charge in [-0.2, -0.15) is 0 Å². The maximum atomic E-state index is 6.07. The summed E-state index contributed by atoms with van der Waals surface area (Å²) in [5.41, 5.74) is 1.38. The molecule has 0 aromatic heterocycles. The summed E-state index contributed by atoms with van der Waals surface area (Å²) in [6, 6.07) is 7.00. The lowest BCUT2D eigenvalue weighted by Gasteiger charge is -2.11. The summed E-state index contributed by atoms with van der Waals surface area (Å²) in [7, 11) is 0. The summed E-state index contributed by atoms with van der Waals surface area (Å²) in [6.45, 7) is 5.47. The maximum absolute atomic E-state index is 6.07. The van der Waals surface area contributed by atoms with Gasteiger partial charge in [0.1, 0.15) is 0 Å². The Bertz CT molecular complexity index is 374. The van der Waals surface area contributed by atoms with Crippen LogP contribution in [0.5, 0.6) is 0 Å². The molecule has 1 N–H and O–H groups in total. The zero-order chi connectivity index (χ0) is 12.3. The van der Waals surface area contributed by atoms with E-state index in [1.54, 1.807) is 0 Å². The van der Waals surface area contributed by atoms with E-state index in [2.05, 4.69) is 31.3 Å². The van der Waals surface area contributed by atoms with Crippen molar-refractivity contribution in [3.05, 3.63) is 28.8 Å². The summed E-state index contributed by atoms with van der Waals surface area (Å²) >= 11 is 7.99. The fourth-order valence-corrected chi connectivity index (χ4v) is 2.89. The van der Waals surface area contributed by atoms with Gasteiger partial charge in [0.05, 0.1) is 0 Å². The minimum atomic E-state index is 0.711. The van der Waals surface area contributed by atoms with Gasteiger partial charge in [-0.05, 0) is 36.5 Å². The summed E-state index contributed by atoms with van der Waals surface area (Å²) in [5.74, 6) is 1.86. The Kier molecular flexibility index (Phi) is 4.78. The first-order valence-corrected chi connectivity index (χ1v) is 7.66. The van der Waals surface area contributed by atoms with Gasteiger partial charge in [0, 0.05) is 28.3 Å². The molecule has 0 bridgehead atoms. The monoisotopic (exact) mass is 269 g/mol. The molecule has 1 aliphatic rings. The Morgan fingerprint density at radius 2 is 2.18 bits per heavy atom. The Balaban J connectivity index is 2.00. The molecule has 1 fully saturated rings. The highest BCUT2D eigenvalue weighted by atomic mass is 35.5. The van der Waals surface area contributed by atoms with Crippen molar-refractivity contribution in [2.24, 2.45) is 5.92 Å². The van der Waals surface area contributed by atoms with Crippen molar-refractivity contribution in [3.8, 4) is 0 Å². The number of hydrogen-bond acceptors (Lipinski definition) is 2. The molecule has 0 spiro atoms. The summed E-state index contributed by atoms with van der Waals surface area (Å²) in [4.78, 5) is 1.33. The second kappa shape index (κ2) is 6.12. The Labute approximate surface area is 113 Å². The third-order valence-corrected chi connectivity index (χ3v) is 4.52. The van der Waals surface area contributed by atoms with Crippen molar-refractivity contribution in [2.45, 2.75) is 44.2 Å². The molecule has 1 aliphatic carbocycles. The molecule has 0 aliphatic heterocycles. The van der Waals surface area contributed by atoms with Crippen LogP contribution in [0.2, 0.25) is 5.02 Å². The van der Waals surface area contributed by atoms with Crippen LogP contribution in [-0.4, -0.2) is 11.8 Å². The topological polar surface area (TPSA) is 12.0 Å². The number of hydrogen-bond donors (Lipinski definition) is 1. The molecule has 2 rings (SSSR count). The van der Waals surface area contributed by atoms with Gasteiger partial charge in [-0.3, -0.25) is 0 Å². The van der Waals surface area contributed by atoms with E-state index in [0.717, 1.165) is 23.4 Å². The molecular formula is C14H20ClNS. The highest BCUT2D eigenvalue weighted by molar-refractivity contribution is 7.99. The molecule has 0 unspecified atom stereocenters. The average molecular weight is 270 g/mol. The predicted octanol–water partition coefficient (Wildman–Crippen LogP) is 4.34. The summed E-state index contributed by atoms with van der Waals surface area (Å²) < 4.78 is 0. The fourth-order valence-electron chi connectivity index (χ4n) is 1.61. The largest absolute Gasteiger partial charge is 0.310 e. The lowest BCUT2D eigenvalue weighted by atomic mass is 10.2. The van der Waals surface area contributed by atoms with E-state index in [0.29, 0.717) is 5.92 Å². The van der Waals surface area contributed by atoms with Crippen molar-refractivity contribution in [1.29, 1.82) is 0 Å². The smallest absolute Gasteiger partial charge is 0.0417 e. The van der Waals surface area contributed by atoms with Crippen LogP contribution in [0.15, 0.2) is 23.1 Å². The van der Waals surface area contributed by atoms with Gasteiger partial charge in [-0.15, -0.1) is 11.8 Å². The van der Waals surface area contributed by atoms with Crippen LogP contribution < -0.4 is 5.32 Å². The van der Waals surface area contributed by atoms with Crippen molar-refractivity contribution in [2.75, 3.05) is 5.75 Å². The van der Waals surface area contributed by atoms with Crippen LogP contribution in [0, 0.1) is 5.92 Å². The number of nitrogens with one attached hydrogen (secondary N) is 1. The van der Waals surface area contributed by atoms with Crippen LogP contribution >= 0.6 is 23.4 Å². The first kappa shape index (κ1) is 13.3. The first-order chi connectivity index (χ1) is 8.15. The van der Waals surface area contributed by atoms with E-state index in [9.17, 15) is 0 Å². The van der Waals surface area contributed by atoms with Crippen LogP contribution in [0.3, 0.4) is 0 Å². The lowest BCUT2D eigenvalue weighted by Crippen LogP contribution is -2.15. The second-order valence-corrected chi connectivity index (χ2v) is 6.61. The molecular weight excluding hydrogens is 250 g/mol. The Morgan fingerprint density at radius 3 is 2.82 bits per heavy atom. The molecule has 17 heavy (non-hydrogen) atoms. The SMILES string of the molecule is CC(C)CSc1cc(Cl)ccc1CNC1CC1. The zero-order valence-electron chi connectivity index (χ0n) is 10.5. The maximum Gasteiger partial charge on any atom is 0.0417 e. The average Bonchev–Trinajstić information content (AvgIpc) is 3.09. The van der Waals surface area contributed by atoms with Crippen molar-refractivity contribution in [1.82, 2.24) is 5.32 Å². The molecule has 1 aromatic carbocycles. The fraction of sp³-hybridized carbons (Fsp3) is 0.571. The summed E-state index contributed by atoms with van der Waals surface area (Å²) in [5, 5.41) is 4.40. The number of thioether (sulfide) groups is 1. The lowest BCUT2D eigenvalue weighted by molar-refractivity contribution is 0.680. The first-order valence-electron chi connectivity index (χ1n) is 6.30. The zero-order valence-corrected chi connectivity index (χ0v) is 12.1. The molecule has 0 heterocycles. The van der Waals surface area contributed by atoms with E-state index < -0.39 is 0 Å². The molecule has 0 saturated heterocycles. The minimum Gasteiger partial charge on any atom is -0.310 e. The Morgan fingerprint density at radius 1 is 1.41 bits per heavy atom. The summed E-state index contributed by atoms with van der Waals surface area (Å²) in [6.07, 6.45) is 2.67. The van der Waals surface area contributed by atoms with Gasteiger partial charge < -0.3 is 5.32 Å². The van der Waals surface area contributed by atoms with E-state index in [1.165, 1.54) is 23.3 Å². The third-order valence-electron chi connectivity index (χ3n) is 2.76. The van der Waals surface area contributed by atoms with E-state index in [4.69, 9.17) is 11.6 Å². The molecule has 1 aromatic rings. The molecule has 0 amide bonds. The van der Waals surface area contributed by atoms with Crippen LogP contribution in [0.4, 0.5) is 0 Å². The van der Waals surface area contributed by atoms with Gasteiger partial charge in [0.25, 0.3) is 0 Å². The van der Waals surface area contributed by atoms with Gasteiger partial charge in [0.15, 0.2) is 0 Å². The molecule has 1 saturated carbocycles. The standard InChI is InChI=1S/C14H20ClNS/c1-10(2)9-17-14-7-12(15)4-3-11(14)8-16-13-5-6-13/h3-4,7,10,13,16H,5-6,8-9H2,1-2H3. The van der Waals surface area contributed by atoms with Crippen molar-refractivity contribution < 1.29 is 0 Å². The van der Waals surface area contributed by atoms with Crippen LogP contribution in [0.1, 0.15) is 32.3 Å². The van der Waals surface area contributed by atoms with Gasteiger partial charge in [-0.25, -0.2) is 0 Å². The molecule has 1 nitrogen and oxygen atoms in total. The van der Waals surface area contributed by atoms with Crippen LogP contribution in [-0.2, 0) is 6.54 Å². The van der Waals surface area contributed by atoms with E-state index >= 15 is 0 Å².